The molecular formula is C18H30N2O3. The second-order valence-electron chi connectivity index (χ2n) is 6.16. The van der Waals surface area contributed by atoms with Gasteiger partial charge in [-0.2, -0.15) is 0 Å². The topological polar surface area (TPSA) is 43.0 Å². The second-order valence-corrected chi connectivity index (χ2v) is 6.16. The average molecular weight is 322 g/mol. The monoisotopic (exact) mass is 322 g/mol. The van der Waals surface area contributed by atoms with Gasteiger partial charge in [0.2, 0.25) is 0 Å². The van der Waals surface area contributed by atoms with Crippen LogP contribution in [0, 0.1) is 0 Å². The van der Waals surface area contributed by atoms with Gasteiger partial charge in [-0.3, -0.25) is 5.01 Å². The molecule has 0 radical (unpaired) electrons. The van der Waals surface area contributed by atoms with E-state index in [0.29, 0.717) is 13.2 Å². The van der Waals surface area contributed by atoms with Gasteiger partial charge in [-0.05, 0) is 12.0 Å². The second kappa shape index (κ2) is 10.0. The van der Waals surface area contributed by atoms with E-state index in [2.05, 4.69) is 24.5 Å². The Morgan fingerprint density at radius 1 is 1.30 bits per heavy atom. The Morgan fingerprint density at radius 3 is 2.78 bits per heavy atom. The fourth-order valence-corrected chi connectivity index (χ4v) is 2.65. The standard InChI is InChI=1S/C18H30N2O3/c1-4-5-11-16(19-20(2)3)18-21-13-12-17(23-18)22-14-15-9-7-6-8-10-15/h6-10,16-19H,4-5,11-14H2,1-3H3/t16-,17+,18+/m1/s1. The van der Waals surface area contributed by atoms with Crippen LogP contribution in [0.1, 0.15) is 38.2 Å². The van der Waals surface area contributed by atoms with Gasteiger partial charge in [0.05, 0.1) is 19.3 Å². The molecule has 0 saturated carbocycles. The van der Waals surface area contributed by atoms with Crippen LogP contribution in [0.15, 0.2) is 30.3 Å². The maximum Gasteiger partial charge on any atom is 0.177 e. The van der Waals surface area contributed by atoms with Crippen LogP contribution >= 0.6 is 0 Å². The molecule has 0 spiro atoms. The number of nitrogens with one attached hydrogen (secondary N) is 1. The molecule has 5 nitrogen and oxygen atoms in total. The largest absolute Gasteiger partial charge is 0.351 e. The lowest BCUT2D eigenvalue weighted by Gasteiger charge is -2.36. The Hall–Kier alpha value is -0.980. The fraction of sp³-hybridized carbons (Fsp3) is 0.667. The van der Waals surface area contributed by atoms with Gasteiger partial charge in [-0.25, -0.2) is 5.43 Å². The zero-order chi connectivity index (χ0) is 16.5. The molecule has 0 bridgehead atoms. The molecule has 1 fully saturated rings. The van der Waals surface area contributed by atoms with Crippen molar-refractivity contribution in [1.82, 2.24) is 10.4 Å². The fourth-order valence-electron chi connectivity index (χ4n) is 2.65. The van der Waals surface area contributed by atoms with Gasteiger partial charge in [-0.15, -0.1) is 0 Å². The third kappa shape index (κ3) is 6.57. The van der Waals surface area contributed by atoms with Gasteiger partial charge in [-0.1, -0.05) is 50.1 Å². The van der Waals surface area contributed by atoms with Crippen molar-refractivity contribution in [3.8, 4) is 0 Å². The van der Waals surface area contributed by atoms with Gasteiger partial charge in [0, 0.05) is 20.5 Å². The SMILES string of the molecule is CCCC[C@@H](NN(C)C)[C@H]1OCC[C@@H](OCc2ccccc2)O1. The molecule has 1 saturated heterocycles. The highest BCUT2D eigenvalue weighted by atomic mass is 16.8. The molecule has 0 aliphatic carbocycles. The molecule has 1 aromatic rings. The first-order valence-corrected chi connectivity index (χ1v) is 8.55. The summed E-state index contributed by atoms with van der Waals surface area (Å²) in [7, 11) is 3.98. The van der Waals surface area contributed by atoms with E-state index in [4.69, 9.17) is 14.2 Å². The lowest BCUT2D eigenvalue weighted by atomic mass is 10.1. The number of rotatable bonds is 9. The lowest BCUT2D eigenvalue weighted by Crippen LogP contribution is -2.51. The van der Waals surface area contributed by atoms with Crippen LogP contribution in [0.4, 0.5) is 0 Å². The van der Waals surface area contributed by atoms with Crippen LogP contribution in [0.2, 0.25) is 0 Å². The third-order valence-electron chi connectivity index (χ3n) is 3.82. The summed E-state index contributed by atoms with van der Waals surface area (Å²) < 4.78 is 17.8. The van der Waals surface area contributed by atoms with Gasteiger partial charge in [0.1, 0.15) is 0 Å². The summed E-state index contributed by atoms with van der Waals surface area (Å²) in [6.45, 7) is 3.43. The normalized spacial score (nSPS) is 23.1. The van der Waals surface area contributed by atoms with Crippen molar-refractivity contribution in [2.75, 3.05) is 20.7 Å². The number of hydrogen-bond acceptors (Lipinski definition) is 5. The van der Waals surface area contributed by atoms with Crippen LogP contribution in [0.25, 0.3) is 0 Å². The first-order chi connectivity index (χ1) is 11.2. The van der Waals surface area contributed by atoms with E-state index >= 15 is 0 Å². The van der Waals surface area contributed by atoms with Crippen molar-refractivity contribution in [3.05, 3.63) is 35.9 Å². The molecule has 0 amide bonds. The Bertz CT molecular complexity index is 428. The number of ether oxygens (including phenoxy) is 3. The minimum absolute atomic E-state index is 0.146. The lowest BCUT2D eigenvalue weighted by molar-refractivity contribution is -0.298. The van der Waals surface area contributed by atoms with E-state index in [1.54, 1.807) is 0 Å². The van der Waals surface area contributed by atoms with Gasteiger partial charge >= 0.3 is 0 Å². The first-order valence-electron chi connectivity index (χ1n) is 8.55. The van der Waals surface area contributed by atoms with Crippen molar-refractivity contribution in [3.63, 3.8) is 0 Å². The maximum atomic E-state index is 6.03. The summed E-state index contributed by atoms with van der Waals surface area (Å²) in [6, 6.07) is 10.3. The van der Waals surface area contributed by atoms with Crippen molar-refractivity contribution in [2.24, 2.45) is 0 Å². The highest BCUT2D eigenvalue weighted by Crippen LogP contribution is 2.20. The van der Waals surface area contributed by atoms with Crippen molar-refractivity contribution < 1.29 is 14.2 Å². The maximum absolute atomic E-state index is 6.03. The molecule has 0 aromatic heterocycles. The van der Waals surface area contributed by atoms with E-state index in [-0.39, 0.29) is 18.6 Å². The molecule has 3 atom stereocenters. The number of nitrogens with zero attached hydrogens (tertiary/aromatic N) is 1. The predicted octanol–water partition coefficient (Wildman–Crippen LogP) is 2.92. The summed E-state index contributed by atoms with van der Waals surface area (Å²) >= 11 is 0. The number of hydrazine groups is 1. The minimum Gasteiger partial charge on any atom is -0.351 e. The Balaban J connectivity index is 1.84. The molecule has 2 rings (SSSR count). The Morgan fingerprint density at radius 2 is 2.09 bits per heavy atom. The molecule has 130 valence electrons. The zero-order valence-electron chi connectivity index (χ0n) is 14.5. The van der Waals surface area contributed by atoms with E-state index < -0.39 is 0 Å². The van der Waals surface area contributed by atoms with Crippen LogP contribution < -0.4 is 5.43 Å². The molecule has 1 aliphatic heterocycles. The van der Waals surface area contributed by atoms with E-state index in [0.717, 1.165) is 31.2 Å². The van der Waals surface area contributed by atoms with E-state index in [1.807, 2.05) is 37.3 Å². The summed E-state index contributed by atoms with van der Waals surface area (Å²) in [5.74, 6) is 0. The number of hydrogen-bond donors (Lipinski definition) is 1. The Labute approximate surface area is 139 Å². The zero-order valence-corrected chi connectivity index (χ0v) is 14.5. The van der Waals surface area contributed by atoms with E-state index in [9.17, 15) is 0 Å². The molecule has 1 heterocycles. The first kappa shape index (κ1) is 18.4. The van der Waals surface area contributed by atoms with Crippen LogP contribution in [-0.2, 0) is 20.8 Å². The molecule has 0 unspecified atom stereocenters. The summed E-state index contributed by atoms with van der Waals surface area (Å²) in [4.78, 5) is 0. The molecule has 1 aromatic carbocycles. The summed E-state index contributed by atoms with van der Waals surface area (Å²) in [5, 5.41) is 1.96. The summed E-state index contributed by atoms with van der Waals surface area (Å²) in [6.07, 6.45) is 3.62. The molecule has 5 heteroatoms. The Kier molecular flexibility index (Phi) is 7.99. The smallest absolute Gasteiger partial charge is 0.177 e. The van der Waals surface area contributed by atoms with Crippen LogP contribution in [0.3, 0.4) is 0 Å². The van der Waals surface area contributed by atoms with Crippen molar-refractivity contribution >= 4 is 0 Å². The van der Waals surface area contributed by atoms with Crippen LogP contribution in [0.5, 0.6) is 0 Å². The molecule has 1 aliphatic rings. The minimum atomic E-state index is -0.265. The summed E-state index contributed by atoms with van der Waals surface area (Å²) in [5.41, 5.74) is 4.57. The van der Waals surface area contributed by atoms with Crippen LogP contribution in [-0.4, -0.2) is 44.3 Å². The highest BCUT2D eigenvalue weighted by Gasteiger charge is 2.30. The van der Waals surface area contributed by atoms with Crippen molar-refractivity contribution in [1.29, 1.82) is 0 Å². The molecule has 23 heavy (non-hydrogen) atoms. The molecular weight excluding hydrogens is 292 g/mol. The van der Waals surface area contributed by atoms with Gasteiger partial charge < -0.3 is 14.2 Å². The number of benzene rings is 1. The van der Waals surface area contributed by atoms with Crippen molar-refractivity contribution in [2.45, 2.75) is 57.8 Å². The quantitative estimate of drug-likeness (QED) is 0.708. The van der Waals surface area contributed by atoms with E-state index in [1.165, 1.54) is 0 Å². The molecule has 1 N–H and O–H groups in total. The highest BCUT2D eigenvalue weighted by molar-refractivity contribution is 5.13. The average Bonchev–Trinajstić information content (AvgIpc) is 2.57. The predicted molar refractivity (Wildman–Crippen MR) is 90.6 cm³/mol. The number of unbranched alkanes of at least 4 members (excludes halogenated alkanes) is 1. The van der Waals surface area contributed by atoms with Gasteiger partial charge in [0.15, 0.2) is 12.6 Å². The van der Waals surface area contributed by atoms with Gasteiger partial charge in [0.25, 0.3) is 0 Å². The third-order valence-corrected chi connectivity index (χ3v) is 3.82.